The normalized spacial score (nSPS) is 28.0. The topological polar surface area (TPSA) is 30.9 Å². The second-order valence-electron chi connectivity index (χ2n) is 6.67. The fourth-order valence-corrected chi connectivity index (χ4v) is 4.39. The Morgan fingerprint density at radius 2 is 1.78 bits per heavy atom. The van der Waals surface area contributed by atoms with Crippen LogP contribution in [0.1, 0.15) is 37.7 Å². The second kappa shape index (κ2) is 6.99. The van der Waals surface area contributed by atoms with E-state index in [4.69, 9.17) is 14.2 Å². The SMILES string of the molecule is Brc1cc2c(cc1CN1CCO[C@H]3CCCC[C@H]31)OCCCO2. The Balaban J connectivity index is 1.54. The number of nitrogens with zero attached hydrogens (tertiary/aromatic N) is 1. The van der Waals surface area contributed by atoms with Crippen molar-refractivity contribution in [1.29, 1.82) is 0 Å². The Hall–Kier alpha value is -0.780. The van der Waals surface area contributed by atoms with Crippen molar-refractivity contribution in [2.24, 2.45) is 0 Å². The highest BCUT2D eigenvalue weighted by Gasteiger charge is 2.34. The molecular weight excluding hydrogens is 358 g/mol. The molecule has 1 saturated carbocycles. The van der Waals surface area contributed by atoms with Crippen LogP contribution < -0.4 is 9.47 Å². The van der Waals surface area contributed by atoms with E-state index in [9.17, 15) is 0 Å². The summed E-state index contributed by atoms with van der Waals surface area (Å²) in [4.78, 5) is 2.59. The highest BCUT2D eigenvalue weighted by atomic mass is 79.9. The van der Waals surface area contributed by atoms with Crippen LogP contribution in [0.15, 0.2) is 16.6 Å². The lowest BCUT2D eigenvalue weighted by Crippen LogP contribution is -2.52. The van der Waals surface area contributed by atoms with Crippen molar-refractivity contribution in [2.75, 3.05) is 26.4 Å². The summed E-state index contributed by atoms with van der Waals surface area (Å²) in [5, 5.41) is 0. The van der Waals surface area contributed by atoms with Crippen LogP contribution >= 0.6 is 15.9 Å². The third-order valence-corrected chi connectivity index (χ3v) is 5.88. The van der Waals surface area contributed by atoms with Gasteiger partial charge in [-0.1, -0.05) is 28.8 Å². The van der Waals surface area contributed by atoms with E-state index in [0.717, 1.165) is 55.3 Å². The van der Waals surface area contributed by atoms with Gasteiger partial charge in [0.1, 0.15) is 0 Å². The summed E-state index contributed by atoms with van der Waals surface area (Å²) in [5.41, 5.74) is 1.28. The molecule has 1 aromatic carbocycles. The number of fused-ring (bicyclic) bond motifs is 2. The van der Waals surface area contributed by atoms with Crippen LogP contribution in [-0.2, 0) is 11.3 Å². The van der Waals surface area contributed by atoms with Gasteiger partial charge in [0.05, 0.1) is 25.9 Å². The third-order valence-electron chi connectivity index (χ3n) is 5.14. The largest absolute Gasteiger partial charge is 0.490 e. The van der Waals surface area contributed by atoms with E-state index in [2.05, 4.69) is 33.0 Å². The highest BCUT2D eigenvalue weighted by Crippen LogP contribution is 2.37. The molecule has 0 amide bonds. The number of halogens is 1. The van der Waals surface area contributed by atoms with E-state index in [1.165, 1.54) is 31.2 Å². The van der Waals surface area contributed by atoms with E-state index in [0.29, 0.717) is 12.1 Å². The Kier molecular flexibility index (Phi) is 4.78. The molecule has 2 atom stereocenters. The van der Waals surface area contributed by atoms with Crippen LogP contribution in [0.4, 0.5) is 0 Å². The van der Waals surface area contributed by atoms with Crippen molar-refractivity contribution in [3.63, 3.8) is 0 Å². The average Bonchev–Trinajstić information content (AvgIpc) is 2.80. The summed E-state index contributed by atoms with van der Waals surface area (Å²) < 4.78 is 18.7. The molecule has 0 aromatic heterocycles. The minimum atomic E-state index is 0.427. The Morgan fingerprint density at radius 1 is 1.00 bits per heavy atom. The monoisotopic (exact) mass is 381 g/mol. The highest BCUT2D eigenvalue weighted by molar-refractivity contribution is 9.10. The van der Waals surface area contributed by atoms with Gasteiger partial charge in [-0.15, -0.1) is 0 Å². The van der Waals surface area contributed by atoms with E-state index in [1.807, 2.05) is 0 Å². The van der Waals surface area contributed by atoms with Crippen LogP contribution in [-0.4, -0.2) is 43.4 Å². The van der Waals surface area contributed by atoms with Gasteiger partial charge in [-0.3, -0.25) is 4.90 Å². The van der Waals surface area contributed by atoms with Gasteiger partial charge >= 0.3 is 0 Å². The molecule has 0 unspecified atom stereocenters. The first kappa shape index (κ1) is 15.7. The molecule has 4 rings (SSSR count). The number of hydrogen-bond acceptors (Lipinski definition) is 4. The quantitative estimate of drug-likeness (QED) is 0.780. The molecule has 0 radical (unpaired) electrons. The molecular formula is C18H24BrNO3. The van der Waals surface area contributed by atoms with E-state index in [1.54, 1.807) is 0 Å². The maximum atomic E-state index is 5.99. The third kappa shape index (κ3) is 3.37. The molecule has 5 heteroatoms. The minimum Gasteiger partial charge on any atom is -0.490 e. The van der Waals surface area contributed by atoms with Gasteiger partial charge in [0.25, 0.3) is 0 Å². The van der Waals surface area contributed by atoms with Gasteiger partial charge < -0.3 is 14.2 Å². The Morgan fingerprint density at radius 3 is 2.65 bits per heavy atom. The lowest BCUT2D eigenvalue weighted by molar-refractivity contribution is -0.0911. The molecule has 126 valence electrons. The zero-order chi connectivity index (χ0) is 15.6. The van der Waals surface area contributed by atoms with Gasteiger partial charge in [-0.2, -0.15) is 0 Å². The van der Waals surface area contributed by atoms with Gasteiger partial charge in [-0.25, -0.2) is 0 Å². The lowest BCUT2D eigenvalue weighted by atomic mass is 9.90. The molecule has 0 spiro atoms. The summed E-state index contributed by atoms with van der Waals surface area (Å²) in [6.07, 6.45) is 6.47. The molecule has 2 aliphatic heterocycles. The first-order valence-corrected chi connectivity index (χ1v) is 9.54. The summed E-state index contributed by atoms with van der Waals surface area (Å²) in [6.45, 7) is 4.27. The standard InChI is InChI=1S/C18H24BrNO3/c19-14-11-18-17(21-7-3-8-22-18)10-13(14)12-20-6-9-23-16-5-2-1-4-15(16)20/h10-11,15-16H,1-9,12H2/t15-,16+/m1/s1. The number of benzene rings is 1. The number of hydrogen-bond donors (Lipinski definition) is 0. The molecule has 0 bridgehead atoms. The first-order chi connectivity index (χ1) is 11.3. The summed E-state index contributed by atoms with van der Waals surface area (Å²) in [7, 11) is 0. The first-order valence-electron chi connectivity index (χ1n) is 8.75. The summed E-state index contributed by atoms with van der Waals surface area (Å²) >= 11 is 3.72. The van der Waals surface area contributed by atoms with Crippen molar-refractivity contribution in [3.05, 3.63) is 22.2 Å². The average molecular weight is 382 g/mol. The smallest absolute Gasteiger partial charge is 0.162 e. The van der Waals surface area contributed by atoms with Crippen molar-refractivity contribution in [1.82, 2.24) is 4.90 Å². The van der Waals surface area contributed by atoms with Crippen LogP contribution in [0.2, 0.25) is 0 Å². The van der Waals surface area contributed by atoms with Crippen molar-refractivity contribution < 1.29 is 14.2 Å². The molecule has 23 heavy (non-hydrogen) atoms. The summed E-state index contributed by atoms with van der Waals surface area (Å²) in [5.74, 6) is 1.74. The van der Waals surface area contributed by atoms with Crippen LogP contribution in [0, 0.1) is 0 Å². The number of ether oxygens (including phenoxy) is 3. The Labute approximate surface area is 146 Å². The van der Waals surface area contributed by atoms with Gasteiger partial charge in [0.15, 0.2) is 11.5 Å². The fraction of sp³-hybridized carbons (Fsp3) is 0.667. The van der Waals surface area contributed by atoms with Crippen molar-refractivity contribution >= 4 is 15.9 Å². The lowest BCUT2D eigenvalue weighted by Gasteiger charge is -2.44. The van der Waals surface area contributed by atoms with Gasteiger partial charge in [0, 0.05) is 30.0 Å². The zero-order valence-electron chi connectivity index (χ0n) is 13.4. The van der Waals surface area contributed by atoms with E-state index >= 15 is 0 Å². The molecule has 1 aromatic rings. The minimum absolute atomic E-state index is 0.427. The van der Waals surface area contributed by atoms with E-state index < -0.39 is 0 Å². The second-order valence-corrected chi connectivity index (χ2v) is 7.53. The zero-order valence-corrected chi connectivity index (χ0v) is 15.0. The van der Waals surface area contributed by atoms with Crippen LogP contribution in [0.3, 0.4) is 0 Å². The van der Waals surface area contributed by atoms with E-state index in [-0.39, 0.29) is 0 Å². The molecule has 3 aliphatic rings. The molecule has 2 heterocycles. The number of morpholine rings is 1. The number of rotatable bonds is 2. The molecule has 4 nitrogen and oxygen atoms in total. The van der Waals surface area contributed by atoms with Crippen LogP contribution in [0.25, 0.3) is 0 Å². The molecule has 1 saturated heterocycles. The van der Waals surface area contributed by atoms with Crippen molar-refractivity contribution in [3.8, 4) is 11.5 Å². The van der Waals surface area contributed by atoms with Crippen molar-refractivity contribution in [2.45, 2.75) is 50.8 Å². The Bertz CT molecular complexity index is 563. The predicted molar refractivity (Wildman–Crippen MR) is 92.2 cm³/mol. The fourth-order valence-electron chi connectivity index (χ4n) is 3.94. The predicted octanol–water partition coefficient (Wildman–Crippen LogP) is 3.75. The van der Waals surface area contributed by atoms with Gasteiger partial charge in [-0.05, 0) is 30.5 Å². The van der Waals surface area contributed by atoms with Gasteiger partial charge in [0.2, 0.25) is 0 Å². The molecule has 2 fully saturated rings. The molecule has 1 aliphatic carbocycles. The maximum Gasteiger partial charge on any atom is 0.162 e. The molecule has 0 N–H and O–H groups in total. The maximum absolute atomic E-state index is 5.99. The van der Waals surface area contributed by atoms with Crippen LogP contribution in [0.5, 0.6) is 11.5 Å². The summed E-state index contributed by atoms with van der Waals surface area (Å²) in [6, 6.07) is 4.78.